The van der Waals surface area contributed by atoms with Crippen molar-refractivity contribution in [3.8, 4) is 0 Å². The van der Waals surface area contributed by atoms with Gasteiger partial charge in [0.2, 0.25) is 5.16 Å². The van der Waals surface area contributed by atoms with Crippen molar-refractivity contribution in [2.75, 3.05) is 0 Å². The van der Waals surface area contributed by atoms with E-state index in [0.717, 1.165) is 11.4 Å². The number of aromatic amines is 1. The maximum atomic E-state index is 13.2. The smallest absolute Gasteiger partial charge is 0.208 e. The Bertz CT molecular complexity index is 501. The number of rotatable bonds is 3. The lowest BCUT2D eigenvalue weighted by molar-refractivity contribution is 0.619. The summed E-state index contributed by atoms with van der Waals surface area (Å²) in [5, 5.41) is 7.44. The molecule has 0 bridgehead atoms. The molecule has 0 aliphatic heterocycles. The van der Waals surface area contributed by atoms with Crippen molar-refractivity contribution >= 4 is 27.7 Å². The predicted molar refractivity (Wildman–Crippen MR) is 64.8 cm³/mol. The van der Waals surface area contributed by atoms with E-state index < -0.39 is 0 Å². The third-order valence-electron chi connectivity index (χ3n) is 1.97. The minimum Gasteiger partial charge on any atom is -0.262 e. The molecular formula is C10H9BrFN3S. The number of nitrogens with one attached hydrogen (secondary N) is 1. The van der Waals surface area contributed by atoms with Crippen LogP contribution >= 0.6 is 27.7 Å². The zero-order valence-electron chi connectivity index (χ0n) is 8.50. The van der Waals surface area contributed by atoms with E-state index in [9.17, 15) is 4.39 Å². The van der Waals surface area contributed by atoms with Crippen molar-refractivity contribution < 1.29 is 4.39 Å². The molecule has 0 atom stereocenters. The van der Waals surface area contributed by atoms with E-state index in [-0.39, 0.29) is 5.82 Å². The second kappa shape index (κ2) is 4.97. The van der Waals surface area contributed by atoms with E-state index in [1.165, 1.54) is 17.8 Å². The first-order valence-corrected chi connectivity index (χ1v) is 6.39. The fourth-order valence-electron chi connectivity index (χ4n) is 1.19. The maximum absolute atomic E-state index is 13.2. The summed E-state index contributed by atoms with van der Waals surface area (Å²) in [5.74, 6) is 1.17. The van der Waals surface area contributed by atoms with Gasteiger partial charge < -0.3 is 0 Å². The van der Waals surface area contributed by atoms with E-state index in [4.69, 9.17) is 0 Å². The fourth-order valence-corrected chi connectivity index (χ4v) is 2.62. The van der Waals surface area contributed by atoms with Crippen LogP contribution in [0.15, 0.2) is 27.8 Å². The minimum atomic E-state index is -0.246. The van der Waals surface area contributed by atoms with E-state index in [0.29, 0.717) is 15.4 Å². The Labute approximate surface area is 105 Å². The van der Waals surface area contributed by atoms with Crippen LogP contribution < -0.4 is 0 Å². The third kappa shape index (κ3) is 2.62. The normalized spacial score (nSPS) is 10.7. The first-order valence-electron chi connectivity index (χ1n) is 4.61. The van der Waals surface area contributed by atoms with Crippen molar-refractivity contribution in [2.45, 2.75) is 17.8 Å². The van der Waals surface area contributed by atoms with Crippen molar-refractivity contribution in [1.29, 1.82) is 0 Å². The van der Waals surface area contributed by atoms with Crippen LogP contribution in [0.25, 0.3) is 0 Å². The standard InChI is InChI=1S/C10H9BrFN3S/c1-6-13-10(15-14-6)16-5-7-3-2-4-8(12)9(7)11/h2-4H,5H2,1H3,(H,13,14,15). The van der Waals surface area contributed by atoms with Crippen LogP contribution in [0.5, 0.6) is 0 Å². The van der Waals surface area contributed by atoms with E-state index >= 15 is 0 Å². The first kappa shape index (κ1) is 11.6. The fraction of sp³-hybridized carbons (Fsp3) is 0.200. The summed E-state index contributed by atoms with van der Waals surface area (Å²) in [6.45, 7) is 1.84. The van der Waals surface area contributed by atoms with Crippen LogP contribution in [0.4, 0.5) is 4.39 Å². The molecule has 2 rings (SSSR count). The molecule has 0 amide bonds. The van der Waals surface area contributed by atoms with Gasteiger partial charge in [-0.05, 0) is 34.5 Å². The van der Waals surface area contributed by atoms with Gasteiger partial charge in [0.05, 0.1) is 4.47 Å². The summed E-state index contributed by atoms with van der Waals surface area (Å²) in [6.07, 6.45) is 0. The Hall–Kier alpha value is -0.880. The lowest BCUT2D eigenvalue weighted by atomic mass is 10.2. The van der Waals surface area contributed by atoms with E-state index in [1.54, 1.807) is 6.07 Å². The Morgan fingerprint density at radius 3 is 3.00 bits per heavy atom. The Balaban J connectivity index is 2.07. The summed E-state index contributed by atoms with van der Waals surface area (Å²) < 4.78 is 13.7. The average molecular weight is 302 g/mol. The second-order valence-electron chi connectivity index (χ2n) is 3.21. The van der Waals surface area contributed by atoms with Gasteiger partial charge in [0.1, 0.15) is 11.6 Å². The summed E-state index contributed by atoms with van der Waals surface area (Å²) in [6, 6.07) is 4.99. The number of aromatic nitrogens is 3. The molecule has 0 unspecified atom stereocenters. The summed E-state index contributed by atoms with van der Waals surface area (Å²) in [7, 11) is 0. The average Bonchev–Trinajstić information content (AvgIpc) is 2.67. The van der Waals surface area contributed by atoms with Crippen LogP contribution in [0.1, 0.15) is 11.4 Å². The zero-order chi connectivity index (χ0) is 11.5. The van der Waals surface area contributed by atoms with Crippen molar-refractivity contribution in [2.24, 2.45) is 0 Å². The molecule has 1 heterocycles. The molecule has 3 nitrogen and oxygen atoms in total. The highest BCUT2D eigenvalue weighted by molar-refractivity contribution is 9.10. The summed E-state index contributed by atoms with van der Waals surface area (Å²) >= 11 is 4.69. The van der Waals surface area contributed by atoms with E-state index in [1.807, 2.05) is 13.0 Å². The monoisotopic (exact) mass is 301 g/mol. The Kier molecular flexibility index (Phi) is 3.60. The van der Waals surface area contributed by atoms with Crippen LogP contribution in [0.2, 0.25) is 0 Å². The van der Waals surface area contributed by atoms with Crippen LogP contribution in [0, 0.1) is 12.7 Å². The van der Waals surface area contributed by atoms with Crippen molar-refractivity contribution in [3.63, 3.8) is 0 Å². The Morgan fingerprint density at radius 1 is 1.50 bits per heavy atom. The van der Waals surface area contributed by atoms with Gasteiger partial charge in [0, 0.05) is 5.75 Å². The van der Waals surface area contributed by atoms with Gasteiger partial charge in [-0.3, -0.25) is 5.10 Å². The molecule has 0 spiro atoms. The maximum Gasteiger partial charge on any atom is 0.208 e. The first-order chi connectivity index (χ1) is 7.66. The lowest BCUT2D eigenvalue weighted by Crippen LogP contribution is -1.87. The van der Waals surface area contributed by atoms with Gasteiger partial charge in [-0.25, -0.2) is 9.37 Å². The quantitative estimate of drug-likeness (QED) is 0.884. The Morgan fingerprint density at radius 2 is 2.31 bits per heavy atom. The highest BCUT2D eigenvalue weighted by Crippen LogP contribution is 2.26. The summed E-state index contributed by atoms with van der Waals surface area (Å²) in [4.78, 5) is 4.17. The molecule has 6 heteroatoms. The number of benzene rings is 1. The van der Waals surface area contributed by atoms with Gasteiger partial charge in [-0.15, -0.1) is 5.10 Å². The molecule has 1 aromatic carbocycles. The van der Waals surface area contributed by atoms with Gasteiger partial charge in [0.25, 0.3) is 0 Å². The van der Waals surface area contributed by atoms with Crippen molar-refractivity contribution in [1.82, 2.24) is 15.2 Å². The molecule has 0 aliphatic carbocycles. The largest absolute Gasteiger partial charge is 0.262 e. The van der Waals surface area contributed by atoms with Crippen LogP contribution in [-0.4, -0.2) is 15.2 Å². The molecular weight excluding hydrogens is 293 g/mol. The van der Waals surface area contributed by atoms with Gasteiger partial charge in [-0.1, -0.05) is 23.9 Å². The molecule has 0 saturated heterocycles. The molecule has 0 fully saturated rings. The van der Waals surface area contributed by atoms with Gasteiger partial charge >= 0.3 is 0 Å². The zero-order valence-corrected chi connectivity index (χ0v) is 10.9. The number of hydrogen-bond acceptors (Lipinski definition) is 3. The number of halogens is 2. The number of thioether (sulfide) groups is 1. The predicted octanol–water partition coefficient (Wildman–Crippen LogP) is 3.31. The number of nitrogens with zero attached hydrogens (tertiary/aromatic N) is 2. The van der Waals surface area contributed by atoms with Gasteiger partial charge in [-0.2, -0.15) is 0 Å². The number of aryl methyl sites for hydroxylation is 1. The molecule has 1 aromatic heterocycles. The molecule has 2 aromatic rings. The number of hydrogen-bond donors (Lipinski definition) is 1. The molecule has 84 valence electrons. The third-order valence-corrected chi connectivity index (χ3v) is 3.75. The topological polar surface area (TPSA) is 41.6 Å². The van der Waals surface area contributed by atoms with Crippen molar-refractivity contribution in [3.05, 3.63) is 39.9 Å². The molecule has 0 saturated carbocycles. The molecule has 16 heavy (non-hydrogen) atoms. The molecule has 0 aliphatic rings. The SMILES string of the molecule is Cc1nc(SCc2cccc(F)c2Br)n[nH]1. The molecule has 0 radical (unpaired) electrons. The van der Waals surface area contributed by atoms with Crippen LogP contribution in [-0.2, 0) is 5.75 Å². The molecule has 1 N–H and O–H groups in total. The van der Waals surface area contributed by atoms with Crippen LogP contribution in [0.3, 0.4) is 0 Å². The highest BCUT2D eigenvalue weighted by atomic mass is 79.9. The summed E-state index contributed by atoms with van der Waals surface area (Å²) in [5.41, 5.74) is 0.896. The van der Waals surface area contributed by atoms with E-state index in [2.05, 4.69) is 31.1 Å². The highest BCUT2D eigenvalue weighted by Gasteiger charge is 2.07. The minimum absolute atomic E-state index is 0.246. The number of H-pyrrole nitrogens is 1. The second-order valence-corrected chi connectivity index (χ2v) is 4.94. The lowest BCUT2D eigenvalue weighted by Gasteiger charge is -2.02. The van der Waals surface area contributed by atoms with Gasteiger partial charge in [0.15, 0.2) is 0 Å².